The Kier molecular flexibility index (Phi) is 6.56. The van der Waals surface area contributed by atoms with E-state index in [1.807, 2.05) is 0 Å². The fraction of sp³-hybridized carbons (Fsp3) is 0.0612. The zero-order valence-electron chi connectivity index (χ0n) is 28.6. The van der Waals surface area contributed by atoms with Gasteiger partial charge in [0.2, 0.25) is 0 Å². The van der Waals surface area contributed by atoms with Gasteiger partial charge < -0.3 is 9.32 Å². The molecule has 0 saturated heterocycles. The van der Waals surface area contributed by atoms with Crippen LogP contribution in [0.15, 0.2) is 180 Å². The lowest BCUT2D eigenvalue weighted by Crippen LogP contribution is -2.21. The second-order valence-electron chi connectivity index (χ2n) is 14.1. The predicted octanol–water partition coefficient (Wildman–Crippen LogP) is 13.8. The standard InChI is InChI=1S/C49H35NO/c1-49(2)44-26-12-11-22-39(44)42-31-43-41-25-14-24-40(38-23-13-18-34-17-9-10-21-37(34)38)47(41)51-48(43)46(45(42)49)50(35-19-7-4-8-20-35)36-29-27-33(28-30-36)32-15-5-3-6-16-32/h3-31H,1-2H3. The Labute approximate surface area is 297 Å². The summed E-state index contributed by atoms with van der Waals surface area (Å²) in [5, 5.41) is 4.68. The van der Waals surface area contributed by atoms with Crippen LogP contribution in [0.3, 0.4) is 0 Å². The molecule has 1 heterocycles. The van der Waals surface area contributed by atoms with Crippen molar-refractivity contribution in [1.82, 2.24) is 0 Å². The monoisotopic (exact) mass is 653 g/mol. The molecule has 1 aromatic heterocycles. The molecule has 8 aromatic carbocycles. The summed E-state index contributed by atoms with van der Waals surface area (Å²) in [5.41, 5.74) is 14.6. The minimum Gasteiger partial charge on any atom is -0.453 e. The van der Waals surface area contributed by atoms with Gasteiger partial charge in [-0.15, -0.1) is 0 Å². The maximum Gasteiger partial charge on any atom is 0.159 e. The van der Waals surface area contributed by atoms with E-state index in [2.05, 4.69) is 195 Å². The van der Waals surface area contributed by atoms with Crippen LogP contribution in [0.4, 0.5) is 17.1 Å². The van der Waals surface area contributed by atoms with Crippen LogP contribution in [-0.4, -0.2) is 0 Å². The molecule has 0 unspecified atom stereocenters. The van der Waals surface area contributed by atoms with Crippen molar-refractivity contribution in [2.24, 2.45) is 0 Å². The maximum absolute atomic E-state index is 7.31. The Morgan fingerprint density at radius 3 is 1.84 bits per heavy atom. The van der Waals surface area contributed by atoms with E-state index >= 15 is 0 Å². The fourth-order valence-electron chi connectivity index (χ4n) is 8.46. The smallest absolute Gasteiger partial charge is 0.159 e. The summed E-state index contributed by atoms with van der Waals surface area (Å²) in [7, 11) is 0. The van der Waals surface area contributed by atoms with Crippen LogP contribution in [0.5, 0.6) is 0 Å². The minimum atomic E-state index is -0.274. The zero-order chi connectivity index (χ0) is 34.1. The first-order valence-corrected chi connectivity index (χ1v) is 17.7. The number of rotatable bonds is 5. The molecule has 0 radical (unpaired) electrons. The van der Waals surface area contributed by atoms with Gasteiger partial charge in [-0.3, -0.25) is 0 Å². The Balaban J connectivity index is 1.31. The van der Waals surface area contributed by atoms with Crippen LogP contribution in [0, 0.1) is 0 Å². The van der Waals surface area contributed by atoms with Crippen molar-refractivity contribution in [2.45, 2.75) is 19.3 Å². The zero-order valence-corrected chi connectivity index (χ0v) is 28.6. The molecule has 0 saturated carbocycles. The van der Waals surface area contributed by atoms with E-state index in [4.69, 9.17) is 4.42 Å². The van der Waals surface area contributed by atoms with Gasteiger partial charge >= 0.3 is 0 Å². The first kappa shape index (κ1) is 29.5. The van der Waals surface area contributed by atoms with Crippen LogP contribution in [0.1, 0.15) is 25.0 Å². The highest BCUT2D eigenvalue weighted by molar-refractivity contribution is 6.18. The average molecular weight is 654 g/mol. The summed E-state index contributed by atoms with van der Waals surface area (Å²) in [6.45, 7) is 4.72. The van der Waals surface area contributed by atoms with Crippen molar-refractivity contribution in [2.75, 3.05) is 4.90 Å². The normalized spacial score (nSPS) is 13.1. The van der Waals surface area contributed by atoms with Crippen LogP contribution in [-0.2, 0) is 5.41 Å². The molecule has 0 spiro atoms. The van der Waals surface area contributed by atoms with Crippen LogP contribution in [0.25, 0.3) is 66.1 Å². The maximum atomic E-state index is 7.31. The summed E-state index contributed by atoms with van der Waals surface area (Å²) >= 11 is 0. The molecule has 0 amide bonds. The third-order valence-electron chi connectivity index (χ3n) is 10.8. The SMILES string of the molecule is CC1(C)c2ccccc2-c2cc3c(oc4c(-c5cccc6ccccc56)cccc43)c(N(c3ccccc3)c3ccc(-c4ccccc4)cc3)c21. The molecule has 1 aliphatic carbocycles. The molecular formula is C49H35NO. The van der Waals surface area contributed by atoms with E-state index in [9.17, 15) is 0 Å². The lowest BCUT2D eigenvalue weighted by atomic mass is 9.80. The number of nitrogens with zero attached hydrogens (tertiary/aromatic N) is 1. The first-order chi connectivity index (χ1) is 25.1. The third kappa shape index (κ3) is 4.50. The van der Waals surface area contributed by atoms with Gasteiger partial charge in [-0.1, -0.05) is 159 Å². The molecule has 51 heavy (non-hydrogen) atoms. The molecule has 1 aliphatic rings. The van der Waals surface area contributed by atoms with Crippen molar-refractivity contribution in [3.8, 4) is 33.4 Å². The van der Waals surface area contributed by atoms with Gasteiger partial charge in [-0.25, -0.2) is 0 Å². The Morgan fingerprint density at radius 2 is 1.02 bits per heavy atom. The molecule has 0 atom stereocenters. The topological polar surface area (TPSA) is 16.4 Å². The van der Waals surface area contributed by atoms with Gasteiger partial charge in [0, 0.05) is 33.1 Å². The van der Waals surface area contributed by atoms with Crippen molar-refractivity contribution < 1.29 is 4.42 Å². The molecule has 9 aromatic rings. The summed E-state index contributed by atoms with van der Waals surface area (Å²) in [5.74, 6) is 0. The predicted molar refractivity (Wildman–Crippen MR) is 214 cm³/mol. The molecule has 2 nitrogen and oxygen atoms in total. The number of hydrogen-bond acceptors (Lipinski definition) is 2. The number of fused-ring (bicyclic) bond motifs is 7. The highest BCUT2D eigenvalue weighted by Gasteiger charge is 2.41. The average Bonchev–Trinajstić information content (AvgIpc) is 3.68. The van der Waals surface area contributed by atoms with E-state index in [-0.39, 0.29) is 5.41 Å². The quantitative estimate of drug-likeness (QED) is 0.184. The minimum absolute atomic E-state index is 0.274. The summed E-state index contributed by atoms with van der Waals surface area (Å²) in [6.07, 6.45) is 0. The van der Waals surface area contributed by atoms with E-state index in [1.54, 1.807) is 0 Å². The lowest BCUT2D eigenvalue weighted by molar-refractivity contribution is 0.648. The molecule has 0 fully saturated rings. The van der Waals surface area contributed by atoms with Gasteiger partial charge in [0.05, 0.1) is 5.69 Å². The van der Waals surface area contributed by atoms with Crippen molar-refractivity contribution >= 4 is 49.8 Å². The van der Waals surface area contributed by atoms with Gasteiger partial charge in [-0.2, -0.15) is 0 Å². The summed E-state index contributed by atoms with van der Waals surface area (Å²) in [4.78, 5) is 2.42. The summed E-state index contributed by atoms with van der Waals surface area (Å²) < 4.78 is 7.31. The Hall–Kier alpha value is -6.38. The van der Waals surface area contributed by atoms with E-state index < -0.39 is 0 Å². The Morgan fingerprint density at radius 1 is 0.431 bits per heavy atom. The second-order valence-corrected chi connectivity index (χ2v) is 14.1. The fourth-order valence-corrected chi connectivity index (χ4v) is 8.46. The van der Waals surface area contributed by atoms with Crippen molar-refractivity contribution in [1.29, 1.82) is 0 Å². The second kappa shape index (κ2) is 11.3. The molecule has 0 aliphatic heterocycles. The van der Waals surface area contributed by atoms with Gasteiger partial charge in [-0.05, 0) is 80.0 Å². The van der Waals surface area contributed by atoms with Crippen LogP contribution >= 0.6 is 0 Å². The molecule has 2 heteroatoms. The highest BCUT2D eigenvalue weighted by Crippen LogP contribution is 2.58. The highest BCUT2D eigenvalue weighted by atomic mass is 16.3. The number of furan rings is 1. The van der Waals surface area contributed by atoms with Crippen LogP contribution in [0.2, 0.25) is 0 Å². The van der Waals surface area contributed by atoms with E-state index in [0.29, 0.717) is 0 Å². The Bertz CT molecular complexity index is 2750. The third-order valence-corrected chi connectivity index (χ3v) is 10.8. The number of benzene rings is 8. The van der Waals surface area contributed by atoms with E-state index in [1.165, 1.54) is 49.7 Å². The lowest BCUT2D eigenvalue weighted by Gasteiger charge is -2.32. The van der Waals surface area contributed by atoms with E-state index in [0.717, 1.165) is 44.6 Å². The summed E-state index contributed by atoms with van der Waals surface area (Å²) in [6, 6.07) is 63.4. The van der Waals surface area contributed by atoms with Gasteiger partial charge in [0.15, 0.2) is 5.58 Å². The number of para-hydroxylation sites is 2. The number of anilines is 3. The van der Waals surface area contributed by atoms with Crippen molar-refractivity contribution in [3.63, 3.8) is 0 Å². The van der Waals surface area contributed by atoms with Gasteiger partial charge in [0.25, 0.3) is 0 Å². The van der Waals surface area contributed by atoms with Gasteiger partial charge in [0.1, 0.15) is 5.58 Å². The molecule has 10 rings (SSSR count). The molecule has 242 valence electrons. The number of hydrogen-bond donors (Lipinski definition) is 0. The van der Waals surface area contributed by atoms with Crippen LogP contribution < -0.4 is 4.90 Å². The first-order valence-electron chi connectivity index (χ1n) is 17.7. The van der Waals surface area contributed by atoms with Crippen molar-refractivity contribution in [3.05, 3.63) is 187 Å². The molecular weight excluding hydrogens is 619 g/mol. The molecule has 0 N–H and O–H groups in total. The largest absolute Gasteiger partial charge is 0.453 e. The molecule has 0 bridgehead atoms.